The average molecular weight is 173 g/mol. The van der Waals surface area contributed by atoms with Crippen molar-refractivity contribution in [1.82, 2.24) is 0 Å². The summed E-state index contributed by atoms with van der Waals surface area (Å²) in [5.74, 6) is 1.77. The second kappa shape index (κ2) is 2.76. The zero-order chi connectivity index (χ0) is 8.67. The van der Waals surface area contributed by atoms with E-state index in [2.05, 4.69) is 29.6 Å². The molecule has 1 heteroatoms. The van der Waals surface area contributed by atoms with E-state index in [-0.39, 0.29) is 0 Å². The van der Waals surface area contributed by atoms with Crippen LogP contribution in [-0.4, -0.2) is 6.54 Å². The summed E-state index contributed by atoms with van der Waals surface area (Å²) in [5.41, 5.74) is 2.94. The number of hydrogen-bond donors (Lipinski definition) is 1. The van der Waals surface area contributed by atoms with Gasteiger partial charge in [-0.15, -0.1) is 0 Å². The van der Waals surface area contributed by atoms with Gasteiger partial charge >= 0.3 is 0 Å². The summed E-state index contributed by atoms with van der Waals surface area (Å²) in [6.45, 7) is 1.19. The minimum atomic E-state index is 0.844. The third-order valence-electron chi connectivity index (χ3n) is 3.52. The number of para-hydroxylation sites is 1. The smallest absolute Gasteiger partial charge is 0.0375 e. The quantitative estimate of drug-likeness (QED) is 0.636. The molecule has 0 saturated heterocycles. The second-order valence-corrected chi connectivity index (χ2v) is 4.34. The zero-order valence-corrected chi connectivity index (χ0v) is 7.79. The van der Waals surface area contributed by atoms with Gasteiger partial charge in [-0.1, -0.05) is 18.2 Å². The first-order valence-electron chi connectivity index (χ1n) is 5.26. The van der Waals surface area contributed by atoms with Crippen LogP contribution in [0.15, 0.2) is 24.3 Å². The van der Waals surface area contributed by atoms with Crippen molar-refractivity contribution in [1.29, 1.82) is 0 Å². The van der Waals surface area contributed by atoms with Crippen molar-refractivity contribution >= 4 is 5.69 Å². The van der Waals surface area contributed by atoms with Gasteiger partial charge in [-0.3, -0.25) is 0 Å². The normalized spacial score (nSPS) is 30.5. The summed E-state index contributed by atoms with van der Waals surface area (Å²) in [6, 6.07) is 8.81. The van der Waals surface area contributed by atoms with Crippen LogP contribution in [0, 0.1) is 5.92 Å². The molecule has 3 rings (SSSR count). The first-order valence-corrected chi connectivity index (χ1v) is 5.26. The lowest BCUT2D eigenvalue weighted by Crippen LogP contribution is -2.09. The van der Waals surface area contributed by atoms with Gasteiger partial charge in [0, 0.05) is 12.2 Å². The lowest BCUT2D eigenvalue weighted by atomic mass is 9.96. The summed E-state index contributed by atoms with van der Waals surface area (Å²) in [7, 11) is 0. The lowest BCUT2D eigenvalue weighted by molar-refractivity contribution is 0.576. The Labute approximate surface area is 79.2 Å². The van der Waals surface area contributed by atoms with E-state index < -0.39 is 0 Å². The highest BCUT2D eigenvalue weighted by molar-refractivity contribution is 5.54. The highest BCUT2D eigenvalue weighted by Crippen LogP contribution is 2.43. The molecule has 1 nitrogen and oxygen atoms in total. The van der Waals surface area contributed by atoms with Crippen LogP contribution in [0.25, 0.3) is 0 Å². The maximum absolute atomic E-state index is 3.56. The number of anilines is 1. The number of rotatable bonds is 0. The Morgan fingerprint density at radius 1 is 1.15 bits per heavy atom. The van der Waals surface area contributed by atoms with Crippen molar-refractivity contribution < 1.29 is 0 Å². The third-order valence-corrected chi connectivity index (χ3v) is 3.52. The number of fused-ring (bicyclic) bond motifs is 4. The molecule has 1 aromatic carbocycles. The third kappa shape index (κ3) is 1.14. The second-order valence-electron chi connectivity index (χ2n) is 4.34. The first kappa shape index (κ1) is 7.43. The molecular formula is C12H15N. The molecular weight excluding hydrogens is 158 g/mol. The van der Waals surface area contributed by atoms with Gasteiger partial charge in [0.15, 0.2) is 0 Å². The predicted molar refractivity (Wildman–Crippen MR) is 55.0 cm³/mol. The molecule has 1 aliphatic carbocycles. The maximum Gasteiger partial charge on any atom is 0.0375 e. The molecule has 2 unspecified atom stereocenters. The molecule has 2 aliphatic rings. The molecule has 1 aromatic rings. The SMILES string of the molecule is c1ccc2c(c1)NCC1CCC2C1. The molecule has 1 fully saturated rings. The van der Waals surface area contributed by atoms with Crippen LogP contribution in [0.2, 0.25) is 0 Å². The van der Waals surface area contributed by atoms with Crippen molar-refractivity contribution in [2.24, 2.45) is 5.92 Å². The Morgan fingerprint density at radius 3 is 3.08 bits per heavy atom. The first-order chi connectivity index (χ1) is 6.43. The van der Waals surface area contributed by atoms with E-state index in [0.29, 0.717) is 0 Å². The van der Waals surface area contributed by atoms with Crippen LogP contribution in [0.4, 0.5) is 5.69 Å². The number of nitrogens with one attached hydrogen (secondary N) is 1. The fourth-order valence-electron chi connectivity index (χ4n) is 2.81. The van der Waals surface area contributed by atoms with Gasteiger partial charge in [0.2, 0.25) is 0 Å². The van der Waals surface area contributed by atoms with Crippen molar-refractivity contribution in [2.45, 2.75) is 25.2 Å². The molecule has 13 heavy (non-hydrogen) atoms. The Hall–Kier alpha value is -0.980. The topological polar surface area (TPSA) is 12.0 Å². The van der Waals surface area contributed by atoms with E-state index in [4.69, 9.17) is 0 Å². The highest BCUT2D eigenvalue weighted by Gasteiger charge is 2.29. The molecule has 0 radical (unpaired) electrons. The molecule has 1 aliphatic heterocycles. The summed E-state index contributed by atoms with van der Waals surface area (Å²) < 4.78 is 0. The van der Waals surface area contributed by atoms with Crippen molar-refractivity contribution in [3.63, 3.8) is 0 Å². The molecule has 2 bridgehead atoms. The fourth-order valence-corrected chi connectivity index (χ4v) is 2.81. The van der Waals surface area contributed by atoms with E-state index in [0.717, 1.165) is 11.8 Å². The van der Waals surface area contributed by atoms with Crippen LogP contribution in [-0.2, 0) is 0 Å². The standard InChI is InChI=1S/C12H15N/c1-2-4-12-11(3-1)10-6-5-9(7-10)8-13-12/h1-4,9-10,13H,5-8H2. The van der Waals surface area contributed by atoms with Gasteiger partial charge in [0.1, 0.15) is 0 Å². The van der Waals surface area contributed by atoms with Crippen molar-refractivity contribution in [3.05, 3.63) is 29.8 Å². The van der Waals surface area contributed by atoms with Crippen LogP contribution in [0.3, 0.4) is 0 Å². The van der Waals surface area contributed by atoms with Crippen LogP contribution < -0.4 is 5.32 Å². The largest absolute Gasteiger partial charge is 0.385 e. The van der Waals surface area contributed by atoms with Gasteiger partial charge in [-0.25, -0.2) is 0 Å². The monoisotopic (exact) mass is 173 g/mol. The molecule has 1 heterocycles. The highest BCUT2D eigenvalue weighted by atomic mass is 14.9. The van der Waals surface area contributed by atoms with Crippen LogP contribution in [0.1, 0.15) is 30.7 Å². The number of hydrogen-bond acceptors (Lipinski definition) is 1. The minimum Gasteiger partial charge on any atom is -0.385 e. The molecule has 0 amide bonds. The van der Waals surface area contributed by atoms with Crippen LogP contribution in [0.5, 0.6) is 0 Å². The van der Waals surface area contributed by atoms with Gasteiger partial charge in [-0.05, 0) is 42.7 Å². The fraction of sp³-hybridized carbons (Fsp3) is 0.500. The minimum absolute atomic E-state index is 0.844. The van der Waals surface area contributed by atoms with Crippen LogP contribution >= 0.6 is 0 Å². The van der Waals surface area contributed by atoms with E-state index in [1.54, 1.807) is 5.56 Å². The zero-order valence-electron chi connectivity index (χ0n) is 7.79. The van der Waals surface area contributed by atoms with Crippen molar-refractivity contribution in [2.75, 3.05) is 11.9 Å². The Kier molecular flexibility index (Phi) is 1.58. The van der Waals surface area contributed by atoms with Gasteiger partial charge in [0.25, 0.3) is 0 Å². The number of benzene rings is 1. The van der Waals surface area contributed by atoms with Gasteiger partial charge in [-0.2, -0.15) is 0 Å². The lowest BCUT2D eigenvalue weighted by Gasteiger charge is -2.14. The summed E-state index contributed by atoms with van der Waals surface area (Å²) in [4.78, 5) is 0. The summed E-state index contributed by atoms with van der Waals surface area (Å²) in [5, 5.41) is 3.56. The molecule has 68 valence electrons. The molecule has 1 N–H and O–H groups in total. The average Bonchev–Trinajstić information content (AvgIpc) is 2.54. The Bertz CT molecular complexity index is 319. The van der Waals surface area contributed by atoms with E-state index in [1.165, 1.54) is 31.5 Å². The molecule has 0 spiro atoms. The summed E-state index contributed by atoms with van der Waals surface area (Å²) in [6.07, 6.45) is 4.24. The molecule has 2 atom stereocenters. The molecule has 0 aromatic heterocycles. The Morgan fingerprint density at radius 2 is 2.08 bits per heavy atom. The Balaban J connectivity index is 2.07. The molecule has 1 saturated carbocycles. The summed E-state index contributed by atoms with van der Waals surface area (Å²) >= 11 is 0. The van der Waals surface area contributed by atoms with Gasteiger partial charge in [0.05, 0.1) is 0 Å². The van der Waals surface area contributed by atoms with E-state index in [9.17, 15) is 0 Å². The van der Waals surface area contributed by atoms with E-state index >= 15 is 0 Å². The van der Waals surface area contributed by atoms with Gasteiger partial charge < -0.3 is 5.32 Å². The maximum atomic E-state index is 3.56. The van der Waals surface area contributed by atoms with Crippen molar-refractivity contribution in [3.8, 4) is 0 Å². The van der Waals surface area contributed by atoms with E-state index in [1.807, 2.05) is 0 Å². The predicted octanol–water partition coefficient (Wildman–Crippen LogP) is 3.00.